The molecule has 0 saturated heterocycles. The Labute approximate surface area is 107 Å². The fourth-order valence-corrected chi connectivity index (χ4v) is 1.53. The van der Waals surface area contributed by atoms with Crippen molar-refractivity contribution in [1.82, 2.24) is 10.3 Å². The van der Waals surface area contributed by atoms with Crippen LogP contribution in [-0.4, -0.2) is 23.1 Å². The SMILES string of the molecule is CC(C)Oc1ncccc1CN=C(N)NC1CC1. The third kappa shape index (κ3) is 3.91. The lowest BCUT2D eigenvalue weighted by atomic mass is 10.2. The lowest BCUT2D eigenvalue weighted by molar-refractivity contribution is 0.230. The Hall–Kier alpha value is -1.78. The van der Waals surface area contributed by atoms with Gasteiger partial charge in [-0.05, 0) is 32.8 Å². The molecule has 98 valence electrons. The van der Waals surface area contributed by atoms with E-state index in [9.17, 15) is 0 Å². The molecule has 2 rings (SSSR count). The van der Waals surface area contributed by atoms with Crippen molar-refractivity contribution in [2.75, 3.05) is 0 Å². The summed E-state index contributed by atoms with van der Waals surface area (Å²) in [6.45, 7) is 4.44. The van der Waals surface area contributed by atoms with Gasteiger partial charge in [0.2, 0.25) is 5.88 Å². The van der Waals surface area contributed by atoms with E-state index in [1.807, 2.05) is 26.0 Å². The number of nitrogens with one attached hydrogen (secondary N) is 1. The maximum absolute atomic E-state index is 5.79. The number of hydrogen-bond donors (Lipinski definition) is 2. The van der Waals surface area contributed by atoms with Crippen molar-refractivity contribution < 1.29 is 4.74 Å². The smallest absolute Gasteiger partial charge is 0.218 e. The second-order valence-corrected chi connectivity index (χ2v) is 4.75. The normalized spacial score (nSPS) is 15.8. The van der Waals surface area contributed by atoms with E-state index in [2.05, 4.69) is 15.3 Å². The van der Waals surface area contributed by atoms with Crippen molar-refractivity contribution in [2.24, 2.45) is 10.7 Å². The van der Waals surface area contributed by atoms with E-state index in [0.717, 1.165) is 5.56 Å². The summed E-state index contributed by atoms with van der Waals surface area (Å²) < 4.78 is 5.63. The summed E-state index contributed by atoms with van der Waals surface area (Å²) >= 11 is 0. The number of ether oxygens (including phenoxy) is 1. The highest BCUT2D eigenvalue weighted by atomic mass is 16.5. The molecule has 1 aromatic heterocycles. The minimum absolute atomic E-state index is 0.101. The second-order valence-electron chi connectivity index (χ2n) is 4.75. The van der Waals surface area contributed by atoms with Crippen LogP contribution in [0, 0.1) is 0 Å². The maximum atomic E-state index is 5.79. The summed E-state index contributed by atoms with van der Waals surface area (Å²) in [4.78, 5) is 8.52. The van der Waals surface area contributed by atoms with E-state index in [4.69, 9.17) is 10.5 Å². The summed E-state index contributed by atoms with van der Waals surface area (Å²) in [5, 5.41) is 3.15. The molecule has 1 heterocycles. The van der Waals surface area contributed by atoms with Crippen molar-refractivity contribution in [3.63, 3.8) is 0 Å². The number of hydrogen-bond acceptors (Lipinski definition) is 3. The Morgan fingerprint density at radius 1 is 1.61 bits per heavy atom. The molecule has 5 heteroatoms. The molecule has 0 aliphatic heterocycles. The van der Waals surface area contributed by atoms with Gasteiger partial charge in [0.25, 0.3) is 0 Å². The zero-order valence-electron chi connectivity index (χ0n) is 10.9. The number of nitrogens with two attached hydrogens (primary N) is 1. The quantitative estimate of drug-likeness (QED) is 0.611. The molecule has 1 aliphatic carbocycles. The second kappa shape index (κ2) is 5.71. The Bertz CT molecular complexity index is 427. The molecule has 0 unspecified atom stereocenters. The van der Waals surface area contributed by atoms with E-state index in [0.29, 0.717) is 24.4 Å². The molecule has 0 bridgehead atoms. The molecular formula is C13H20N4O. The minimum Gasteiger partial charge on any atom is -0.475 e. The van der Waals surface area contributed by atoms with Crippen LogP contribution in [0.2, 0.25) is 0 Å². The first kappa shape index (κ1) is 12.7. The summed E-state index contributed by atoms with van der Waals surface area (Å²) in [5.74, 6) is 1.13. The van der Waals surface area contributed by atoms with Gasteiger partial charge in [0.15, 0.2) is 5.96 Å². The first-order valence-corrected chi connectivity index (χ1v) is 6.32. The van der Waals surface area contributed by atoms with Gasteiger partial charge < -0.3 is 15.8 Å². The van der Waals surface area contributed by atoms with Crippen molar-refractivity contribution in [2.45, 2.75) is 45.4 Å². The van der Waals surface area contributed by atoms with Crippen LogP contribution in [0.25, 0.3) is 0 Å². The van der Waals surface area contributed by atoms with E-state index >= 15 is 0 Å². The molecule has 3 N–H and O–H groups in total. The van der Waals surface area contributed by atoms with Gasteiger partial charge in [0, 0.05) is 17.8 Å². The lowest BCUT2D eigenvalue weighted by Gasteiger charge is -2.11. The first-order chi connectivity index (χ1) is 8.65. The zero-order chi connectivity index (χ0) is 13.0. The molecule has 1 saturated carbocycles. The molecule has 18 heavy (non-hydrogen) atoms. The van der Waals surface area contributed by atoms with Crippen LogP contribution in [0.1, 0.15) is 32.3 Å². The Kier molecular flexibility index (Phi) is 4.02. The van der Waals surface area contributed by atoms with Crippen molar-refractivity contribution in [1.29, 1.82) is 0 Å². The Morgan fingerprint density at radius 2 is 2.39 bits per heavy atom. The summed E-state index contributed by atoms with van der Waals surface area (Å²) in [6.07, 6.45) is 4.19. The molecular weight excluding hydrogens is 228 g/mol. The predicted molar refractivity (Wildman–Crippen MR) is 71.5 cm³/mol. The molecule has 1 aliphatic rings. The van der Waals surface area contributed by atoms with Gasteiger partial charge in [0.1, 0.15) is 0 Å². The van der Waals surface area contributed by atoms with Crippen LogP contribution in [0.4, 0.5) is 0 Å². The summed E-state index contributed by atoms with van der Waals surface area (Å²) in [6, 6.07) is 4.36. The van der Waals surface area contributed by atoms with Gasteiger partial charge in [-0.25, -0.2) is 9.98 Å². The van der Waals surface area contributed by atoms with Crippen molar-refractivity contribution in [3.8, 4) is 5.88 Å². The van der Waals surface area contributed by atoms with Crippen molar-refractivity contribution in [3.05, 3.63) is 23.9 Å². The van der Waals surface area contributed by atoms with E-state index in [-0.39, 0.29) is 6.10 Å². The predicted octanol–water partition coefficient (Wildman–Crippen LogP) is 1.44. The summed E-state index contributed by atoms with van der Waals surface area (Å²) in [5.41, 5.74) is 6.74. The molecule has 0 radical (unpaired) electrons. The fourth-order valence-electron chi connectivity index (χ4n) is 1.53. The molecule has 5 nitrogen and oxygen atoms in total. The largest absolute Gasteiger partial charge is 0.475 e. The van der Waals surface area contributed by atoms with Crippen LogP contribution in [0.5, 0.6) is 5.88 Å². The van der Waals surface area contributed by atoms with Gasteiger partial charge in [-0.3, -0.25) is 0 Å². The highest BCUT2D eigenvalue weighted by Crippen LogP contribution is 2.19. The van der Waals surface area contributed by atoms with Gasteiger partial charge in [0.05, 0.1) is 12.6 Å². The number of nitrogens with zero attached hydrogens (tertiary/aromatic N) is 2. The number of pyridine rings is 1. The highest BCUT2D eigenvalue weighted by molar-refractivity contribution is 5.78. The van der Waals surface area contributed by atoms with Crippen LogP contribution >= 0.6 is 0 Å². The van der Waals surface area contributed by atoms with E-state index < -0.39 is 0 Å². The Balaban J connectivity index is 1.98. The van der Waals surface area contributed by atoms with E-state index in [1.54, 1.807) is 6.20 Å². The number of aromatic nitrogens is 1. The lowest BCUT2D eigenvalue weighted by Crippen LogP contribution is -2.33. The van der Waals surface area contributed by atoms with E-state index in [1.165, 1.54) is 12.8 Å². The number of guanidine groups is 1. The maximum Gasteiger partial charge on any atom is 0.218 e. The van der Waals surface area contributed by atoms with Gasteiger partial charge in [-0.2, -0.15) is 0 Å². The van der Waals surface area contributed by atoms with Crippen molar-refractivity contribution >= 4 is 5.96 Å². The highest BCUT2D eigenvalue weighted by Gasteiger charge is 2.21. The van der Waals surface area contributed by atoms with Gasteiger partial charge in [-0.15, -0.1) is 0 Å². The molecule has 0 spiro atoms. The molecule has 0 atom stereocenters. The standard InChI is InChI=1S/C13H20N4O/c1-9(2)18-12-10(4-3-7-15-12)8-16-13(14)17-11-5-6-11/h3-4,7,9,11H,5-6,8H2,1-2H3,(H3,14,16,17). The number of rotatable bonds is 5. The monoisotopic (exact) mass is 248 g/mol. The molecule has 1 fully saturated rings. The third-order valence-corrected chi connectivity index (χ3v) is 2.55. The van der Waals surface area contributed by atoms with Crippen LogP contribution in [0.3, 0.4) is 0 Å². The molecule has 0 aromatic carbocycles. The third-order valence-electron chi connectivity index (χ3n) is 2.55. The zero-order valence-corrected chi connectivity index (χ0v) is 10.9. The van der Waals surface area contributed by atoms with Crippen LogP contribution in [0.15, 0.2) is 23.3 Å². The average molecular weight is 248 g/mol. The minimum atomic E-state index is 0.101. The molecule has 1 aromatic rings. The first-order valence-electron chi connectivity index (χ1n) is 6.32. The number of aliphatic imine (C=N–C) groups is 1. The Morgan fingerprint density at radius 3 is 3.06 bits per heavy atom. The fraction of sp³-hybridized carbons (Fsp3) is 0.538. The molecule has 0 amide bonds. The average Bonchev–Trinajstić information content (AvgIpc) is 3.11. The summed E-state index contributed by atoms with van der Waals surface area (Å²) in [7, 11) is 0. The topological polar surface area (TPSA) is 72.5 Å². The van der Waals surface area contributed by atoms with Crippen LogP contribution < -0.4 is 15.8 Å². The van der Waals surface area contributed by atoms with Crippen LogP contribution in [-0.2, 0) is 6.54 Å². The van der Waals surface area contributed by atoms with Gasteiger partial charge >= 0.3 is 0 Å². The van der Waals surface area contributed by atoms with Gasteiger partial charge in [-0.1, -0.05) is 6.07 Å².